The van der Waals surface area contributed by atoms with E-state index >= 15 is 0 Å². The molecule has 0 fully saturated rings. The zero-order valence-electron chi connectivity index (χ0n) is 13.7. The van der Waals surface area contributed by atoms with E-state index in [4.69, 9.17) is 5.73 Å². The number of benzene rings is 1. The zero-order chi connectivity index (χ0) is 16.1. The van der Waals surface area contributed by atoms with Crippen LogP contribution in [-0.4, -0.2) is 27.2 Å². The molecule has 6 nitrogen and oxygen atoms in total. The van der Waals surface area contributed by atoms with E-state index in [0.29, 0.717) is 19.4 Å². The molecule has 1 aromatic heterocycles. The molecule has 0 aliphatic carbocycles. The molecule has 0 radical (unpaired) electrons. The highest BCUT2D eigenvalue weighted by atomic mass is 35.5. The summed E-state index contributed by atoms with van der Waals surface area (Å²) in [6.07, 6.45) is 5.70. The lowest BCUT2D eigenvalue weighted by atomic mass is 10.1. The fourth-order valence-corrected chi connectivity index (χ4v) is 2.92. The van der Waals surface area contributed by atoms with Crippen LogP contribution in [0.4, 0.5) is 5.69 Å². The van der Waals surface area contributed by atoms with Gasteiger partial charge in [-0.1, -0.05) is 18.6 Å². The molecular weight excluding hydrogens is 326 g/mol. The molecule has 2 heterocycles. The van der Waals surface area contributed by atoms with Crippen LogP contribution in [0.1, 0.15) is 37.9 Å². The molecule has 24 heavy (non-hydrogen) atoms. The number of rotatable bonds is 5. The van der Waals surface area contributed by atoms with Gasteiger partial charge in [0.05, 0.1) is 0 Å². The third-order valence-corrected chi connectivity index (χ3v) is 4.12. The Morgan fingerprint density at radius 2 is 2.12 bits per heavy atom. The molecule has 3 N–H and O–H groups in total. The molecule has 1 aliphatic heterocycles. The van der Waals surface area contributed by atoms with Crippen molar-refractivity contribution >= 4 is 24.0 Å². The topological polar surface area (TPSA) is 85.8 Å². The molecule has 1 aliphatic rings. The number of hydrogen-bond donors (Lipinski definition) is 2. The minimum Gasteiger partial charge on any atom is -0.330 e. The van der Waals surface area contributed by atoms with Crippen LogP contribution in [0.25, 0.3) is 11.4 Å². The van der Waals surface area contributed by atoms with Gasteiger partial charge in [-0.2, -0.15) is 0 Å². The number of carbonyl (C=O) groups excluding carboxylic acids is 1. The Kier molecular flexibility index (Phi) is 6.75. The maximum Gasteiger partial charge on any atom is 0.224 e. The van der Waals surface area contributed by atoms with Crippen LogP contribution in [-0.2, 0) is 17.8 Å². The number of nitrogens with zero attached hydrogens (tertiary/aromatic N) is 3. The van der Waals surface area contributed by atoms with Gasteiger partial charge in [0.25, 0.3) is 0 Å². The van der Waals surface area contributed by atoms with Crippen molar-refractivity contribution < 1.29 is 4.79 Å². The number of anilines is 1. The Labute approximate surface area is 148 Å². The fraction of sp³-hybridized carbons (Fsp3) is 0.471. The molecule has 0 spiro atoms. The Balaban J connectivity index is 0.00000208. The van der Waals surface area contributed by atoms with Crippen molar-refractivity contribution in [1.82, 2.24) is 14.8 Å². The Morgan fingerprint density at radius 3 is 2.96 bits per heavy atom. The second-order valence-electron chi connectivity index (χ2n) is 5.92. The second kappa shape index (κ2) is 8.80. The Hall–Kier alpha value is -1.92. The van der Waals surface area contributed by atoms with Gasteiger partial charge < -0.3 is 15.6 Å². The standard InChI is InChI=1S/C17H23N5O.ClH/c18-10-5-9-16(23)19-14-7-4-6-13(12-14)17-21-20-15-8-2-1-3-11-22(15)17;/h4,6-7,12H,1-3,5,8-11,18H2,(H,19,23);1H. The molecule has 1 amide bonds. The van der Waals surface area contributed by atoms with Crippen molar-refractivity contribution in [2.75, 3.05) is 11.9 Å². The van der Waals surface area contributed by atoms with Crippen LogP contribution in [0.3, 0.4) is 0 Å². The van der Waals surface area contributed by atoms with Gasteiger partial charge >= 0.3 is 0 Å². The Morgan fingerprint density at radius 1 is 1.25 bits per heavy atom. The highest BCUT2D eigenvalue weighted by Crippen LogP contribution is 2.24. The summed E-state index contributed by atoms with van der Waals surface area (Å²) >= 11 is 0. The molecule has 0 saturated heterocycles. The Bertz CT molecular complexity index is 685. The number of amides is 1. The first kappa shape index (κ1) is 18.4. The van der Waals surface area contributed by atoms with Crippen molar-refractivity contribution in [3.05, 3.63) is 30.1 Å². The van der Waals surface area contributed by atoms with E-state index in [1.807, 2.05) is 24.3 Å². The van der Waals surface area contributed by atoms with Gasteiger partial charge in [-0.25, -0.2) is 0 Å². The van der Waals surface area contributed by atoms with E-state index in [1.165, 1.54) is 12.8 Å². The number of nitrogens with one attached hydrogen (secondary N) is 1. The third-order valence-electron chi connectivity index (χ3n) is 4.12. The van der Waals surface area contributed by atoms with E-state index in [2.05, 4.69) is 20.1 Å². The van der Waals surface area contributed by atoms with Gasteiger partial charge in [-0.15, -0.1) is 22.6 Å². The summed E-state index contributed by atoms with van der Waals surface area (Å²) in [6.45, 7) is 1.49. The number of aryl methyl sites for hydroxylation is 1. The number of halogens is 1. The molecular formula is C17H24ClN5O. The number of hydrogen-bond acceptors (Lipinski definition) is 4. The molecule has 2 aromatic rings. The van der Waals surface area contributed by atoms with Crippen LogP contribution < -0.4 is 11.1 Å². The number of nitrogens with two attached hydrogens (primary N) is 1. The maximum absolute atomic E-state index is 11.8. The van der Waals surface area contributed by atoms with E-state index < -0.39 is 0 Å². The van der Waals surface area contributed by atoms with E-state index in [9.17, 15) is 4.79 Å². The first-order valence-corrected chi connectivity index (χ1v) is 8.30. The van der Waals surface area contributed by atoms with Gasteiger partial charge in [0.1, 0.15) is 5.82 Å². The van der Waals surface area contributed by atoms with Crippen molar-refractivity contribution in [2.24, 2.45) is 5.73 Å². The van der Waals surface area contributed by atoms with Crippen molar-refractivity contribution in [2.45, 2.75) is 45.1 Å². The molecule has 0 saturated carbocycles. The summed E-state index contributed by atoms with van der Waals surface area (Å²) in [5, 5.41) is 11.6. The van der Waals surface area contributed by atoms with Gasteiger partial charge in [0.2, 0.25) is 5.91 Å². The summed E-state index contributed by atoms with van der Waals surface area (Å²) in [4.78, 5) is 11.8. The van der Waals surface area contributed by atoms with Crippen LogP contribution in [0.5, 0.6) is 0 Å². The first-order chi connectivity index (χ1) is 11.3. The highest BCUT2D eigenvalue weighted by molar-refractivity contribution is 5.91. The largest absolute Gasteiger partial charge is 0.330 e. The molecule has 130 valence electrons. The summed E-state index contributed by atoms with van der Waals surface area (Å²) in [7, 11) is 0. The zero-order valence-corrected chi connectivity index (χ0v) is 14.5. The van der Waals surface area contributed by atoms with Crippen LogP contribution in [0, 0.1) is 0 Å². The van der Waals surface area contributed by atoms with Gasteiger partial charge in [0, 0.05) is 30.6 Å². The number of carbonyl (C=O) groups is 1. The van der Waals surface area contributed by atoms with Gasteiger partial charge in [-0.3, -0.25) is 4.79 Å². The summed E-state index contributed by atoms with van der Waals surface area (Å²) < 4.78 is 2.21. The average molecular weight is 350 g/mol. The van der Waals surface area contributed by atoms with Crippen LogP contribution in [0.2, 0.25) is 0 Å². The quantitative estimate of drug-likeness (QED) is 0.869. The van der Waals surface area contributed by atoms with Crippen LogP contribution in [0.15, 0.2) is 24.3 Å². The van der Waals surface area contributed by atoms with Gasteiger partial charge in [0.15, 0.2) is 5.82 Å². The van der Waals surface area contributed by atoms with Gasteiger partial charge in [-0.05, 0) is 37.9 Å². The monoisotopic (exact) mass is 349 g/mol. The second-order valence-corrected chi connectivity index (χ2v) is 5.92. The molecule has 1 aromatic carbocycles. The fourth-order valence-electron chi connectivity index (χ4n) is 2.92. The number of aromatic nitrogens is 3. The maximum atomic E-state index is 11.8. The molecule has 3 rings (SSSR count). The lowest BCUT2D eigenvalue weighted by Gasteiger charge is -2.09. The predicted molar refractivity (Wildman–Crippen MR) is 97.2 cm³/mol. The first-order valence-electron chi connectivity index (χ1n) is 8.30. The third kappa shape index (κ3) is 4.33. The SMILES string of the molecule is Cl.NCCCC(=O)Nc1cccc(-c2nnc3n2CCCCC3)c1. The molecule has 0 unspecified atom stereocenters. The van der Waals surface area contributed by atoms with Crippen molar-refractivity contribution in [3.8, 4) is 11.4 Å². The van der Waals surface area contributed by atoms with Crippen molar-refractivity contribution in [1.29, 1.82) is 0 Å². The predicted octanol–water partition coefficient (Wildman–Crippen LogP) is 2.77. The lowest BCUT2D eigenvalue weighted by molar-refractivity contribution is -0.116. The smallest absolute Gasteiger partial charge is 0.224 e. The van der Waals surface area contributed by atoms with Crippen molar-refractivity contribution in [3.63, 3.8) is 0 Å². The lowest BCUT2D eigenvalue weighted by Crippen LogP contribution is -2.13. The summed E-state index contributed by atoms with van der Waals surface area (Å²) in [5.41, 5.74) is 7.21. The molecule has 0 bridgehead atoms. The average Bonchev–Trinajstić information content (AvgIpc) is 2.82. The van der Waals surface area contributed by atoms with Crippen LogP contribution >= 0.6 is 12.4 Å². The molecule has 7 heteroatoms. The summed E-state index contributed by atoms with van der Waals surface area (Å²) in [6, 6.07) is 7.80. The normalized spacial score (nSPS) is 13.5. The number of fused-ring (bicyclic) bond motifs is 1. The minimum atomic E-state index is -0.00678. The van der Waals surface area contributed by atoms with E-state index in [1.54, 1.807) is 0 Å². The summed E-state index contributed by atoms with van der Waals surface area (Å²) in [5.74, 6) is 1.95. The molecule has 0 atom stereocenters. The van der Waals surface area contributed by atoms with E-state index in [0.717, 1.165) is 42.3 Å². The minimum absolute atomic E-state index is 0. The highest BCUT2D eigenvalue weighted by Gasteiger charge is 2.16. The van der Waals surface area contributed by atoms with E-state index in [-0.39, 0.29) is 18.3 Å².